The lowest BCUT2D eigenvalue weighted by atomic mass is 10.2. The number of nitrogens with two attached hydrogens (primary N) is 1. The second-order valence-corrected chi connectivity index (χ2v) is 2.72. The van der Waals surface area contributed by atoms with Crippen molar-refractivity contribution < 1.29 is 4.74 Å². The summed E-state index contributed by atoms with van der Waals surface area (Å²) in [4.78, 5) is 0. The van der Waals surface area contributed by atoms with Gasteiger partial charge in [0.1, 0.15) is 0 Å². The van der Waals surface area contributed by atoms with Crippen LogP contribution in [0.2, 0.25) is 0 Å². The molecule has 0 aromatic carbocycles. The van der Waals surface area contributed by atoms with Crippen LogP contribution in [-0.4, -0.2) is 16.4 Å². The SMILES string of the molecule is C[C@@H]1OCCn2ncc(N)c21. The molecule has 0 aliphatic carbocycles. The van der Waals surface area contributed by atoms with Gasteiger partial charge in [-0.25, -0.2) is 0 Å². The van der Waals surface area contributed by atoms with Gasteiger partial charge in [0.25, 0.3) is 0 Å². The van der Waals surface area contributed by atoms with Crippen molar-refractivity contribution >= 4 is 5.69 Å². The predicted octanol–water partition coefficient (Wildman–Crippen LogP) is 0.556. The molecule has 11 heavy (non-hydrogen) atoms. The number of fused-ring (bicyclic) bond motifs is 1. The molecule has 1 aliphatic rings. The average Bonchev–Trinajstić information content (AvgIpc) is 2.34. The Hall–Kier alpha value is -1.03. The van der Waals surface area contributed by atoms with Crippen LogP contribution < -0.4 is 5.73 Å². The van der Waals surface area contributed by atoms with E-state index < -0.39 is 0 Å². The quantitative estimate of drug-likeness (QED) is 0.592. The number of aromatic nitrogens is 2. The predicted molar refractivity (Wildman–Crippen MR) is 41.0 cm³/mol. The Morgan fingerprint density at radius 1 is 1.82 bits per heavy atom. The van der Waals surface area contributed by atoms with E-state index in [2.05, 4.69) is 5.10 Å². The van der Waals surface area contributed by atoms with E-state index in [0.29, 0.717) is 0 Å². The second kappa shape index (κ2) is 2.23. The van der Waals surface area contributed by atoms with E-state index in [4.69, 9.17) is 10.5 Å². The third kappa shape index (κ3) is 0.903. The number of anilines is 1. The third-order valence-corrected chi connectivity index (χ3v) is 1.97. The monoisotopic (exact) mass is 153 g/mol. The minimum atomic E-state index is 0.0891. The van der Waals surface area contributed by atoms with Gasteiger partial charge in [0.15, 0.2) is 0 Å². The van der Waals surface area contributed by atoms with Gasteiger partial charge in [0.2, 0.25) is 0 Å². The highest BCUT2D eigenvalue weighted by atomic mass is 16.5. The molecule has 0 saturated carbocycles. The van der Waals surface area contributed by atoms with Gasteiger partial charge in [0.05, 0.1) is 36.8 Å². The van der Waals surface area contributed by atoms with Gasteiger partial charge in [-0.2, -0.15) is 5.10 Å². The molecule has 60 valence electrons. The van der Waals surface area contributed by atoms with Gasteiger partial charge >= 0.3 is 0 Å². The van der Waals surface area contributed by atoms with Crippen LogP contribution >= 0.6 is 0 Å². The van der Waals surface area contributed by atoms with Gasteiger partial charge < -0.3 is 10.5 Å². The molecule has 0 bridgehead atoms. The molecule has 0 amide bonds. The van der Waals surface area contributed by atoms with E-state index in [1.807, 2.05) is 11.6 Å². The maximum Gasteiger partial charge on any atom is 0.0985 e. The minimum Gasteiger partial charge on any atom is -0.396 e. The molecule has 2 N–H and O–H groups in total. The van der Waals surface area contributed by atoms with Gasteiger partial charge in [-0.15, -0.1) is 0 Å². The van der Waals surface area contributed by atoms with Crippen molar-refractivity contribution in [2.24, 2.45) is 0 Å². The first-order chi connectivity index (χ1) is 5.29. The first-order valence-electron chi connectivity index (χ1n) is 3.72. The zero-order chi connectivity index (χ0) is 7.84. The molecule has 0 radical (unpaired) electrons. The zero-order valence-electron chi connectivity index (χ0n) is 6.45. The van der Waals surface area contributed by atoms with E-state index in [-0.39, 0.29) is 6.10 Å². The lowest BCUT2D eigenvalue weighted by Crippen LogP contribution is -2.21. The van der Waals surface area contributed by atoms with Crippen molar-refractivity contribution in [3.63, 3.8) is 0 Å². The fourth-order valence-electron chi connectivity index (χ4n) is 1.43. The highest BCUT2D eigenvalue weighted by Crippen LogP contribution is 2.25. The molecule has 1 atom stereocenters. The topological polar surface area (TPSA) is 53.1 Å². The lowest BCUT2D eigenvalue weighted by molar-refractivity contribution is 0.0294. The normalized spacial score (nSPS) is 23.2. The van der Waals surface area contributed by atoms with Crippen LogP contribution in [0.5, 0.6) is 0 Å². The zero-order valence-corrected chi connectivity index (χ0v) is 6.45. The van der Waals surface area contributed by atoms with Crippen LogP contribution in [-0.2, 0) is 11.3 Å². The van der Waals surface area contributed by atoms with Gasteiger partial charge in [-0.05, 0) is 6.92 Å². The van der Waals surface area contributed by atoms with Gasteiger partial charge in [-0.1, -0.05) is 0 Å². The maximum atomic E-state index is 5.69. The summed E-state index contributed by atoms with van der Waals surface area (Å²) < 4.78 is 7.31. The highest BCUT2D eigenvalue weighted by molar-refractivity contribution is 5.42. The van der Waals surface area contributed by atoms with Crippen molar-refractivity contribution in [1.82, 2.24) is 9.78 Å². The molecule has 4 nitrogen and oxygen atoms in total. The van der Waals surface area contributed by atoms with E-state index in [0.717, 1.165) is 24.5 Å². The Bertz CT molecular complexity index is 269. The summed E-state index contributed by atoms with van der Waals surface area (Å²) >= 11 is 0. The van der Waals surface area contributed by atoms with Crippen LogP contribution in [0.3, 0.4) is 0 Å². The summed E-state index contributed by atoms with van der Waals surface area (Å²) in [5, 5.41) is 4.12. The summed E-state index contributed by atoms with van der Waals surface area (Å²) in [6.07, 6.45) is 1.77. The molecule has 0 fully saturated rings. The molecule has 1 aromatic rings. The molecule has 2 rings (SSSR count). The smallest absolute Gasteiger partial charge is 0.0985 e. The maximum absolute atomic E-state index is 5.69. The number of hydrogen-bond donors (Lipinski definition) is 1. The Morgan fingerprint density at radius 3 is 3.36 bits per heavy atom. The van der Waals surface area contributed by atoms with Crippen molar-refractivity contribution in [1.29, 1.82) is 0 Å². The van der Waals surface area contributed by atoms with Gasteiger partial charge in [-0.3, -0.25) is 4.68 Å². The fourth-order valence-corrected chi connectivity index (χ4v) is 1.43. The molecule has 4 heteroatoms. The molecule has 0 spiro atoms. The van der Waals surface area contributed by atoms with Crippen LogP contribution in [0, 0.1) is 0 Å². The van der Waals surface area contributed by atoms with E-state index in [9.17, 15) is 0 Å². The van der Waals surface area contributed by atoms with Crippen LogP contribution in [0.1, 0.15) is 18.7 Å². The summed E-state index contributed by atoms with van der Waals surface area (Å²) in [6.45, 7) is 3.54. The molecule has 1 aromatic heterocycles. The molecular weight excluding hydrogens is 142 g/mol. The number of ether oxygens (including phenoxy) is 1. The van der Waals surface area contributed by atoms with Crippen LogP contribution in [0.15, 0.2) is 6.20 Å². The van der Waals surface area contributed by atoms with Crippen molar-refractivity contribution in [2.75, 3.05) is 12.3 Å². The lowest BCUT2D eigenvalue weighted by Gasteiger charge is -2.21. The molecule has 2 heterocycles. The Kier molecular flexibility index (Phi) is 1.35. The summed E-state index contributed by atoms with van der Waals surface area (Å²) in [7, 11) is 0. The standard InChI is InChI=1S/C7H11N3O/c1-5-7-6(8)4-9-10(7)2-3-11-5/h4-5H,2-3,8H2,1H3/t5-/m0/s1. The summed E-state index contributed by atoms with van der Waals surface area (Å²) in [5.74, 6) is 0. The first kappa shape index (κ1) is 6.67. The van der Waals surface area contributed by atoms with Crippen molar-refractivity contribution in [2.45, 2.75) is 19.6 Å². The number of nitrogens with zero attached hydrogens (tertiary/aromatic N) is 2. The number of nitrogen functional groups attached to an aromatic ring is 1. The Labute approximate surface area is 64.9 Å². The van der Waals surface area contributed by atoms with E-state index >= 15 is 0 Å². The molecular formula is C7H11N3O. The van der Waals surface area contributed by atoms with Gasteiger partial charge in [0, 0.05) is 0 Å². The minimum absolute atomic E-state index is 0.0891. The first-order valence-corrected chi connectivity index (χ1v) is 3.72. The van der Waals surface area contributed by atoms with E-state index in [1.54, 1.807) is 6.20 Å². The van der Waals surface area contributed by atoms with Crippen LogP contribution in [0.25, 0.3) is 0 Å². The van der Waals surface area contributed by atoms with Crippen molar-refractivity contribution in [3.05, 3.63) is 11.9 Å². The molecule has 1 aliphatic heterocycles. The fraction of sp³-hybridized carbons (Fsp3) is 0.571. The largest absolute Gasteiger partial charge is 0.396 e. The van der Waals surface area contributed by atoms with Crippen LogP contribution in [0.4, 0.5) is 5.69 Å². The Morgan fingerprint density at radius 2 is 2.64 bits per heavy atom. The molecule has 0 unspecified atom stereocenters. The summed E-state index contributed by atoms with van der Waals surface area (Å²) in [6, 6.07) is 0. The number of hydrogen-bond acceptors (Lipinski definition) is 3. The Balaban J connectivity index is 2.48. The molecule has 0 saturated heterocycles. The highest BCUT2D eigenvalue weighted by Gasteiger charge is 2.19. The average molecular weight is 153 g/mol. The van der Waals surface area contributed by atoms with E-state index in [1.165, 1.54) is 0 Å². The number of rotatable bonds is 0. The summed E-state index contributed by atoms with van der Waals surface area (Å²) in [5.41, 5.74) is 7.43. The second-order valence-electron chi connectivity index (χ2n) is 2.72. The van der Waals surface area contributed by atoms with Crippen molar-refractivity contribution in [3.8, 4) is 0 Å². The third-order valence-electron chi connectivity index (χ3n) is 1.97.